The second-order valence-corrected chi connectivity index (χ2v) is 7.08. The average Bonchev–Trinajstić information content (AvgIpc) is 3.23. The quantitative estimate of drug-likeness (QED) is 0.451. The number of benzene rings is 3. The van der Waals surface area contributed by atoms with E-state index in [-0.39, 0.29) is 5.78 Å². The van der Waals surface area contributed by atoms with Crippen molar-refractivity contribution in [2.75, 3.05) is 5.32 Å². The molecule has 0 fully saturated rings. The Hall–Kier alpha value is -3.77. The van der Waals surface area contributed by atoms with Crippen molar-refractivity contribution in [3.8, 4) is 5.69 Å². The van der Waals surface area contributed by atoms with Gasteiger partial charge in [-0.15, -0.1) is 5.10 Å². The molecule has 0 saturated carbocycles. The third kappa shape index (κ3) is 4.29. The number of nitrogens with zero attached hydrogens (tertiary/aromatic N) is 4. The molecule has 7 heteroatoms. The molecular weight excluding hydrogens is 398 g/mol. The van der Waals surface area contributed by atoms with Crippen molar-refractivity contribution < 1.29 is 4.79 Å². The summed E-state index contributed by atoms with van der Waals surface area (Å²) < 4.78 is 1.60. The van der Waals surface area contributed by atoms with Crippen molar-refractivity contribution in [2.24, 2.45) is 0 Å². The van der Waals surface area contributed by atoms with Crippen LogP contribution in [0.3, 0.4) is 0 Å². The first kappa shape index (κ1) is 19.5. The SMILES string of the molecule is Cc1ccc(C(=O)c2ccccc2)c(NC=Cc2nnnn2-c2ccc(Cl)cc2)c1. The number of aryl methyl sites for hydroxylation is 1. The van der Waals surface area contributed by atoms with E-state index in [1.54, 1.807) is 29.1 Å². The molecule has 0 aliphatic carbocycles. The molecular formula is C23H18ClN5O. The summed E-state index contributed by atoms with van der Waals surface area (Å²) in [5, 5.41) is 15.6. The Kier molecular flexibility index (Phi) is 5.68. The maximum atomic E-state index is 12.9. The molecule has 148 valence electrons. The fourth-order valence-electron chi connectivity index (χ4n) is 2.99. The lowest BCUT2D eigenvalue weighted by Crippen LogP contribution is -2.05. The Labute approximate surface area is 178 Å². The van der Waals surface area contributed by atoms with E-state index in [2.05, 4.69) is 20.8 Å². The molecule has 0 amide bonds. The fraction of sp³-hybridized carbons (Fsp3) is 0.0435. The monoisotopic (exact) mass is 415 g/mol. The lowest BCUT2D eigenvalue weighted by molar-refractivity contribution is 0.103. The first-order chi connectivity index (χ1) is 14.6. The number of nitrogens with one attached hydrogen (secondary N) is 1. The normalized spacial score (nSPS) is 11.0. The molecule has 4 aromatic rings. The summed E-state index contributed by atoms with van der Waals surface area (Å²) in [5.41, 5.74) is 3.78. The van der Waals surface area contributed by atoms with Gasteiger partial charge in [-0.3, -0.25) is 4.79 Å². The Morgan fingerprint density at radius 1 is 1.03 bits per heavy atom. The molecule has 6 nitrogen and oxygen atoms in total. The zero-order chi connectivity index (χ0) is 20.9. The van der Waals surface area contributed by atoms with Crippen molar-refractivity contribution in [2.45, 2.75) is 6.92 Å². The minimum Gasteiger partial charge on any atom is -0.361 e. The largest absolute Gasteiger partial charge is 0.361 e. The van der Waals surface area contributed by atoms with Crippen molar-refractivity contribution in [3.05, 3.63) is 107 Å². The number of rotatable bonds is 6. The van der Waals surface area contributed by atoms with E-state index < -0.39 is 0 Å². The van der Waals surface area contributed by atoms with Gasteiger partial charge in [-0.05, 0) is 59.3 Å². The van der Waals surface area contributed by atoms with E-state index in [0.29, 0.717) is 27.7 Å². The first-order valence-electron chi connectivity index (χ1n) is 9.29. The second-order valence-electron chi connectivity index (χ2n) is 6.65. The van der Waals surface area contributed by atoms with E-state index in [4.69, 9.17) is 11.6 Å². The van der Waals surface area contributed by atoms with Gasteiger partial charge < -0.3 is 5.32 Å². The number of ketones is 1. The third-order valence-electron chi connectivity index (χ3n) is 4.49. The molecule has 30 heavy (non-hydrogen) atoms. The number of tetrazole rings is 1. The second kappa shape index (κ2) is 8.71. The Balaban J connectivity index is 1.58. The fourth-order valence-corrected chi connectivity index (χ4v) is 3.12. The number of aromatic nitrogens is 4. The number of carbonyl (C=O) groups is 1. The van der Waals surface area contributed by atoms with Crippen LogP contribution in [-0.2, 0) is 0 Å². The van der Waals surface area contributed by atoms with Gasteiger partial charge in [0, 0.05) is 34.1 Å². The summed E-state index contributed by atoms with van der Waals surface area (Å²) in [7, 11) is 0. The van der Waals surface area contributed by atoms with Crippen molar-refractivity contribution >= 4 is 29.1 Å². The van der Waals surface area contributed by atoms with Crippen molar-refractivity contribution in [1.82, 2.24) is 20.2 Å². The topological polar surface area (TPSA) is 72.7 Å². The van der Waals surface area contributed by atoms with Gasteiger partial charge in [0.1, 0.15) is 0 Å². The predicted octanol–water partition coefficient (Wildman–Crippen LogP) is 4.94. The summed E-state index contributed by atoms with van der Waals surface area (Å²) >= 11 is 5.95. The van der Waals surface area contributed by atoms with Gasteiger partial charge in [-0.2, -0.15) is 4.68 Å². The Morgan fingerprint density at radius 2 is 1.80 bits per heavy atom. The molecule has 0 spiro atoms. The zero-order valence-corrected chi connectivity index (χ0v) is 16.9. The van der Waals surface area contributed by atoms with Crippen LogP contribution in [0.1, 0.15) is 27.3 Å². The van der Waals surface area contributed by atoms with E-state index in [1.165, 1.54) is 0 Å². The summed E-state index contributed by atoms with van der Waals surface area (Å²) in [6, 6.07) is 22.1. The van der Waals surface area contributed by atoms with Crippen LogP contribution in [0.5, 0.6) is 0 Å². The standard InChI is InChI=1S/C23H18ClN5O/c1-16-7-12-20(23(30)17-5-3-2-4-6-17)21(15-16)25-14-13-22-26-27-28-29(22)19-10-8-18(24)9-11-19/h2-15,25H,1H3. The summed E-state index contributed by atoms with van der Waals surface area (Å²) in [6.45, 7) is 1.98. The average molecular weight is 416 g/mol. The molecule has 0 aliphatic rings. The first-order valence-corrected chi connectivity index (χ1v) is 9.67. The van der Waals surface area contributed by atoms with Crippen LogP contribution in [0.25, 0.3) is 11.8 Å². The van der Waals surface area contributed by atoms with Gasteiger partial charge in [0.05, 0.1) is 5.69 Å². The highest BCUT2D eigenvalue weighted by Crippen LogP contribution is 2.22. The molecule has 4 rings (SSSR count). The zero-order valence-electron chi connectivity index (χ0n) is 16.2. The maximum Gasteiger partial charge on any atom is 0.195 e. The molecule has 0 aliphatic heterocycles. The van der Waals surface area contributed by atoms with Crippen molar-refractivity contribution in [1.29, 1.82) is 0 Å². The highest BCUT2D eigenvalue weighted by molar-refractivity contribution is 6.30. The van der Waals surface area contributed by atoms with Crippen LogP contribution in [0, 0.1) is 6.92 Å². The van der Waals surface area contributed by atoms with E-state index in [1.807, 2.05) is 67.6 Å². The highest BCUT2D eigenvalue weighted by atomic mass is 35.5. The smallest absolute Gasteiger partial charge is 0.195 e. The molecule has 3 aromatic carbocycles. The summed E-state index contributed by atoms with van der Waals surface area (Å²) in [4.78, 5) is 12.9. The molecule has 1 heterocycles. The van der Waals surface area contributed by atoms with Gasteiger partial charge in [0.2, 0.25) is 0 Å². The minimum atomic E-state index is -0.0440. The molecule has 1 N–H and O–H groups in total. The third-order valence-corrected chi connectivity index (χ3v) is 4.74. The lowest BCUT2D eigenvalue weighted by atomic mass is 10.0. The van der Waals surface area contributed by atoms with Gasteiger partial charge in [-0.25, -0.2) is 0 Å². The van der Waals surface area contributed by atoms with Crippen LogP contribution in [0.4, 0.5) is 5.69 Å². The molecule has 0 unspecified atom stereocenters. The highest BCUT2D eigenvalue weighted by Gasteiger charge is 2.13. The lowest BCUT2D eigenvalue weighted by Gasteiger charge is -2.10. The Bertz CT molecular complexity index is 1200. The van der Waals surface area contributed by atoms with E-state index in [9.17, 15) is 4.79 Å². The number of hydrogen-bond donors (Lipinski definition) is 1. The molecule has 0 bridgehead atoms. The van der Waals surface area contributed by atoms with Gasteiger partial charge in [0.15, 0.2) is 11.6 Å². The molecule has 0 radical (unpaired) electrons. The summed E-state index contributed by atoms with van der Waals surface area (Å²) in [6.07, 6.45) is 3.46. The van der Waals surface area contributed by atoms with Crippen molar-refractivity contribution in [3.63, 3.8) is 0 Å². The van der Waals surface area contributed by atoms with E-state index in [0.717, 1.165) is 11.3 Å². The van der Waals surface area contributed by atoms with Gasteiger partial charge >= 0.3 is 0 Å². The molecule has 1 aromatic heterocycles. The number of carbonyl (C=O) groups excluding carboxylic acids is 1. The molecule has 0 saturated heterocycles. The van der Waals surface area contributed by atoms with Gasteiger partial charge in [-0.1, -0.05) is 48.0 Å². The van der Waals surface area contributed by atoms with Crippen LogP contribution in [-0.4, -0.2) is 26.0 Å². The Morgan fingerprint density at radius 3 is 2.57 bits per heavy atom. The van der Waals surface area contributed by atoms with Crippen LogP contribution in [0.15, 0.2) is 79.0 Å². The van der Waals surface area contributed by atoms with Crippen LogP contribution < -0.4 is 5.32 Å². The van der Waals surface area contributed by atoms with E-state index >= 15 is 0 Å². The number of hydrogen-bond acceptors (Lipinski definition) is 5. The van der Waals surface area contributed by atoms with Gasteiger partial charge in [0.25, 0.3) is 0 Å². The molecule has 0 atom stereocenters. The van der Waals surface area contributed by atoms with Crippen LogP contribution in [0.2, 0.25) is 5.02 Å². The number of anilines is 1. The number of halogens is 1. The predicted molar refractivity (Wildman–Crippen MR) is 118 cm³/mol. The minimum absolute atomic E-state index is 0.0440. The summed E-state index contributed by atoms with van der Waals surface area (Å²) in [5.74, 6) is 0.492. The maximum absolute atomic E-state index is 12.9. The van der Waals surface area contributed by atoms with Crippen LogP contribution >= 0.6 is 11.6 Å².